The van der Waals surface area contributed by atoms with Crippen LogP contribution in [0.1, 0.15) is 38.8 Å². The molecule has 0 aliphatic heterocycles. The molecule has 0 saturated heterocycles. The fourth-order valence-electron chi connectivity index (χ4n) is 3.14. The molecule has 0 radical (unpaired) electrons. The number of carbonyl (C=O) groups excluding carboxylic acids is 3. The van der Waals surface area contributed by atoms with Crippen LogP contribution >= 0.6 is 28.1 Å². The van der Waals surface area contributed by atoms with Crippen molar-refractivity contribution in [1.82, 2.24) is 16.2 Å². The molecular formula is C26H25BrN4O4S. The van der Waals surface area contributed by atoms with Crippen molar-refractivity contribution in [2.45, 2.75) is 20.3 Å². The van der Waals surface area contributed by atoms with E-state index in [1.807, 2.05) is 38.1 Å². The fraction of sp³-hybridized carbons (Fsp3) is 0.154. The molecule has 3 aromatic rings. The molecule has 0 heterocycles. The second-order valence-corrected chi connectivity index (χ2v) is 8.97. The molecule has 0 aliphatic carbocycles. The van der Waals surface area contributed by atoms with Crippen molar-refractivity contribution in [1.29, 1.82) is 0 Å². The van der Waals surface area contributed by atoms with E-state index >= 15 is 0 Å². The van der Waals surface area contributed by atoms with Crippen LogP contribution in [0.3, 0.4) is 0 Å². The number of thiocarbonyl (C=S) groups is 1. The van der Waals surface area contributed by atoms with Crippen LogP contribution in [0.25, 0.3) is 0 Å². The van der Waals surface area contributed by atoms with Gasteiger partial charge in [0.1, 0.15) is 5.75 Å². The van der Waals surface area contributed by atoms with Crippen molar-refractivity contribution in [3.63, 3.8) is 0 Å². The number of nitrogens with one attached hydrogen (secondary N) is 4. The number of carbonyl (C=O) groups is 3. The molecule has 3 amide bonds. The number of ether oxygens (including phenoxy) is 1. The molecule has 3 rings (SSSR count). The van der Waals surface area contributed by atoms with Gasteiger partial charge >= 0.3 is 0 Å². The summed E-state index contributed by atoms with van der Waals surface area (Å²) in [4.78, 5) is 36.9. The van der Waals surface area contributed by atoms with Crippen molar-refractivity contribution in [3.05, 3.63) is 93.5 Å². The number of hydrazine groups is 1. The molecule has 0 atom stereocenters. The first-order valence-corrected chi connectivity index (χ1v) is 12.3. The van der Waals surface area contributed by atoms with Crippen molar-refractivity contribution in [2.75, 3.05) is 11.9 Å². The van der Waals surface area contributed by atoms with Crippen LogP contribution in [-0.2, 0) is 11.2 Å². The van der Waals surface area contributed by atoms with Gasteiger partial charge in [-0.15, -0.1) is 0 Å². The van der Waals surface area contributed by atoms with Gasteiger partial charge in [0, 0.05) is 16.8 Å². The molecule has 0 aliphatic rings. The normalized spacial score (nSPS) is 10.2. The molecule has 0 unspecified atom stereocenters. The Morgan fingerprint density at radius 2 is 1.67 bits per heavy atom. The van der Waals surface area contributed by atoms with Crippen LogP contribution in [0.5, 0.6) is 5.75 Å². The topological polar surface area (TPSA) is 109 Å². The van der Waals surface area contributed by atoms with E-state index in [9.17, 15) is 14.4 Å². The van der Waals surface area contributed by atoms with Gasteiger partial charge in [-0.1, -0.05) is 31.2 Å². The summed E-state index contributed by atoms with van der Waals surface area (Å²) in [5.41, 5.74) is 8.35. The Balaban J connectivity index is 1.43. The Bertz CT molecular complexity index is 1280. The molecule has 186 valence electrons. The van der Waals surface area contributed by atoms with Crippen LogP contribution in [0.4, 0.5) is 5.69 Å². The smallest absolute Gasteiger partial charge is 0.269 e. The summed E-state index contributed by atoms with van der Waals surface area (Å²) in [5.74, 6) is -0.656. The minimum Gasteiger partial charge on any atom is -0.483 e. The number of hydrogen-bond donors (Lipinski definition) is 4. The number of anilines is 1. The molecule has 0 saturated carbocycles. The first kappa shape index (κ1) is 26.8. The van der Waals surface area contributed by atoms with Crippen LogP contribution < -0.4 is 26.2 Å². The maximum Gasteiger partial charge on any atom is 0.269 e. The van der Waals surface area contributed by atoms with E-state index in [1.54, 1.807) is 42.5 Å². The summed E-state index contributed by atoms with van der Waals surface area (Å²) in [6.45, 7) is 3.65. The lowest BCUT2D eigenvalue weighted by molar-refractivity contribution is -0.121. The summed E-state index contributed by atoms with van der Waals surface area (Å²) in [5, 5.41) is 5.15. The molecule has 0 spiro atoms. The largest absolute Gasteiger partial charge is 0.483 e. The predicted octanol–water partition coefficient (Wildman–Crippen LogP) is 4.29. The molecule has 0 aromatic heterocycles. The van der Waals surface area contributed by atoms with Crippen LogP contribution in [-0.4, -0.2) is 29.4 Å². The first-order chi connectivity index (χ1) is 17.3. The maximum atomic E-state index is 12.4. The number of amides is 3. The van der Waals surface area contributed by atoms with Crippen molar-refractivity contribution in [2.24, 2.45) is 0 Å². The van der Waals surface area contributed by atoms with Crippen LogP contribution in [0.2, 0.25) is 0 Å². The summed E-state index contributed by atoms with van der Waals surface area (Å²) in [7, 11) is 0. The first-order valence-electron chi connectivity index (χ1n) is 11.0. The second-order valence-electron chi connectivity index (χ2n) is 7.71. The van der Waals surface area contributed by atoms with Crippen molar-refractivity contribution in [3.8, 4) is 5.75 Å². The van der Waals surface area contributed by atoms with Gasteiger partial charge in [-0.3, -0.25) is 30.6 Å². The monoisotopic (exact) mass is 568 g/mol. The number of aryl methyl sites for hydroxylation is 2. The van der Waals surface area contributed by atoms with E-state index < -0.39 is 11.8 Å². The highest BCUT2D eigenvalue weighted by Gasteiger charge is 2.12. The van der Waals surface area contributed by atoms with Gasteiger partial charge in [0.15, 0.2) is 11.7 Å². The van der Waals surface area contributed by atoms with Gasteiger partial charge in [-0.05, 0) is 95.1 Å². The Morgan fingerprint density at radius 1 is 0.944 bits per heavy atom. The SMILES string of the molecule is CCc1ccc(OCC(=O)NC(=S)NNC(=O)c2ccc(NC(=O)c3ccccc3C)cc2)c(Br)c1. The van der Waals surface area contributed by atoms with Gasteiger partial charge < -0.3 is 10.1 Å². The number of rotatable bonds is 7. The van der Waals surface area contributed by atoms with Gasteiger partial charge in [0.25, 0.3) is 17.7 Å². The lowest BCUT2D eigenvalue weighted by Crippen LogP contribution is -2.49. The molecule has 8 nitrogen and oxygen atoms in total. The lowest BCUT2D eigenvalue weighted by Gasteiger charge is -2.12. The standard InChI is InChI=1S/C26H25BrN4O4S/c1-3-17-8-13-22(21(27)14-17)35-15-23(32)29-26(36)31-30-24(33)18-9-11-19(12-10-18)28-25(34)20-7-5-4-6-16(20)2/h4-14H,3,15H2,1-2H3,(H,28,34)(H,30,33)(H2,29,31,32,36). The molecule has 3 aromatic carbocycles. The van der Waals surface area contributed by atoms with Crippen molar-refractivity contribution >= 4 is 56.7 Å². The van der Waals surface area contributed by atoms with E-state index in [0.717, 1.165) is 22.0 Å². The summed E-state index contributed by atoms with van der Waals surface area (Å²) < 4.78 is 6.26. The minimum absolute atomic E-state index is 0.0838. The lowest BCUT2D eigenvalue weighted by atomic mass is 10.1. The summed E-state index contributed by atoms with van der Waals surface area (Å²) in [6, 6.07) is 19.3. The zero-order valence-electron chi connectivity index (χ0n) is 19.7. The average molecular weight is 569 g/mol. The van der Waals surface area contributed by atoms with E-state index in [4.69, 9.17) is 17.0 Å². The van der Waals surface area contributed by atoms with Gasteiger partial charge in [-0.25, -0.2) is 0 Å². The Labute approximate surface area is 222 Å². The highest BCUT2D eigenvalue weighted by atomic mass is 79.9. The third-order valence-electron chi connectivity index (χ3n) is 5.10. The summed E-state index contributed by atoms with van der Waals surface area (Å²) in [6.07, 6.45) is 0.889. The number of hydrogen-bond acceptors (Lipinski definition) is 5. The molecular weight excluding hydrogens is 544 g/mol. The highest BCUT2D eigenvalue weighted by Crippen LogP contribution is 2.26. The molecule has 4 N–H and O–H groups in total. The fourth-order valence-corrected chi connectivity index (χ4v) is 3.84. The Morgan fingerprint density at radius 3 is 2.33 bits per heavy atom. The zero-order chi connectivity index (χ0) is 26.1. The second kappa shape index (κ2) is 12.8. The number of halogens is 1. The van der Waals surface area contributed by atoms with Gasteiger partial charge in [-0.2, -0.15) is 0 Å². The van der Waals surface area contributed by atoms with Gasteiger partial charge in [0.2, 0.25) is 0 Å². The average Bonchev–Trinajstić information content (AvgIpc) is 2.87. The highest BCUT2D eigenvalue weighted by molar-refractivity contribution is 9.10. The number of benzene rings is 3. The zero-order valence-corrected chi connectivity index (χ0v) is 22.1. The molecule has 0 bridgehead atoms. The van der Waals surface area contributed by atoms with Crippen molar-refractivity contribution < 1.29 is 19.1 Å². The third-order valence-corrected chi connectivity index (χ3v) is 5.92. The molecule has 0 fully saturated rings. The van der Waals surface area contributed by atoms with Crippen LogP contribution in [0.15, 0.2) is 71.2 Å². The minimum atomic E-state index is -0.484. The van der Waals surface area contributed by atoms with Crippen LogP contribution in [0, 0.1) is 6.92 Å². The summed E-state index contributed by atoms with van der Waals surface area (Å²) >= 11 is 8.46. The van der Waals surface area contributed by atoms with E-state index in [1.165, 1.54) is 0 Å². The van der Waals surface area contributed by atoms with E-state index in [0.29, 0.717) is 22.6 Å². The van der Waals surface area contributed by atoms with E-state index in [2.05, 4.69) is 37.4 Å². The quantitative estimate of drug-likeness (QED) is 0.250. The van der Waals surface area contributed by atoms with Gasteiger partial charge in [0.05, 0.1) is 4.47 Å². The Hall–Kier alpha value is -3.76. The predicted molar refractivity (Wildman–Crippen MR) is 146 cm³/mol. The third kappa shape index (κ3) is 7.62. The van der Waals surface area contributed by atoms with E-state index in [-0.39, 0.29) is 17.6 Å². The maximum absolute atomic E-state index is 12.4. The molecule has 10 heteroatoms. The molecule has 36 heavy (non-hydrogen) atoms. The Kier molecular flexibility index (Phi) is 9.54.